The molecule has 2 atom stereocenters. The number of hydrogen-bond donors (Lipinski definition) is 0. The van der Waals surface area contributed by atoms with E-state index < -0.39 is 0 Å². The SMILES string of the molecule is O=C(CCc1ccc(-c2ccccc2F)o1)N1CCC[C@@H]2CCCC[C@H]21. The summed E-state index contributed by atoms with van der Waals surface area (Å²) in [5, 5.41) is 0. The van der Waals surface area contributed by atoms with E-state index in [1.54, 1.807) is 24.3 Å². The highest BCUT2D eigenvalue weighted by Gasteiger charge is 2.35. The maximum Gasteiger partial charge on any atom is 0.223 e. The van der Waals surface area contributed by atoms with Gasteiger partial charge < -0.3 is 9.32 Å². The lowest BCUT2D eigenvalue weighted by Crippen LogP contribution is -2.49. The van der Waals surface area contributed by atoms with E-state index in [1.165, 1.54) is 31.7 Å². The van der Waals surface area contributed by atoms with Crippen molar-refractivity contribution in [3.8, 4) is 11.3 Å². The van der Waals surface area contributed by atoms with Crippen LogP contribution in [0, 0.1) is 11.7 Å². The van der Waals surface area contributed by atoms with Gasteiger partial charge in [-0.1, -0.05) is 25.0 Å². The molecule has 0 bridgehead atoms. The summed E-state index contributed by atoms with van der Waals surface area (Å²) in [6, 6.07) is 10.7. The lowest BCUT2D eigenvalue weighted by Gasteiger charge is -2.44. The number of furan rings is 1. The second-order valence-corrected chi connectivity index (χ2v) is 7.59. The van der Waals surface area contributed by atoms with Gasteiger partial charge in [0, 0.05) is 25.4 Å². The molecule has 2 fully saturated rings. The largest absolute Gasteiger partial charge is 0.461 e. The van der Waals surface area contributed by atoms with E-state index in [-0.39, 0.29) is 11.7 Å². The standard InChI is InChI=1S/C22H26FNO2/c23-19-9-3-2-8-18(19)21-13-11-17(26-21)12-14-22(25)24-15-5-7-16-6-1-4-10-20(16)24/h2-3,8-9,11,13,16,20H,1,4-7,10,12,14-15H2/t16-,20+/m0/s1. The minimum absolute atomic E-state index is 0.241. The van der Waals surface area contributed by atoms with Crippen LogP contribution in [0.1, 0.15) is 50.7 Å². The third-order valence-corrected chi connectivity index (χ3v) is 5.95. The zero-order valence-electron chi connectivity index (χ0n) is 15.1. The van der Waals surface area contributed by atoms with Crippen LogP contribution in [0.2, 0.25) is 0 Å². The van der Waals surface area contributed by atoms with Crippen molar-refractivity contribution >= 4 is 5.91 Å². The van der Waals surface area contributed by atoms with Crippen molar-refractivity contribution in [2.45, 2.75) is 57.4 Å². The predicted octanol–water partition coefficient (Wildman–Crippen LogP) is 5.20. The van der Waals surface area contributed by atoms with Gasteiger partial charge in [-0.3, -0.25) is 4.79 Å². The number of nitrogens with zero attached hydrogens (tertiary/aromatic N) is 1. The van der Waals surface area contributed by atoms with Crippen LogP contribution < -0.4 is 0 Å². The molecule has 3 nitrogen and oxygen atoms in total. The quantitative estimate of drug-likeness (QED) is 0.755. The first-order valence-corrected chi connectivity index (χ1v) is 9.85. The van der Waals surface area contributed by atoms with Gasteiger partial charge in [0.2, 0.25) is 5.91 Å². The predicted molar refractivity (Wildman–Crippen MR) is 99.1 cm³/mol. The second kappa shape index (κ2) is 7.65. The molecule has 0 N–H and O–H groups in total. The van der Waals surface area contributed by atoms with Gasteiger partial charge in [-0.15, -0.1) is 0 Å². The molecule has 1 amide bonds. The number of benzene rings is 1. The van der Waals surface area contributed by atoms with E-state index in [9.17, 15) is 9.18 Å². The monoisotopic (exact) mass is 355 g/mol. The van der Waals surface area contributed by atoms with Crippen LogP contribution in [0.5, 0.6) is 0 Å². The average molecular weight is 355 g/mol. The fourth-order valence-corrected chi connectivity index (χ4v) is 4.63. The summed E-state index contributed by atoms with van der Waals surface area (Å²) in [4.78, 5) is 14.9. The normalized spacial score (nSPS) is 22.9. The Kier molecular flexibility index (Phi) is 5.09. The highest BCUT2D eigenvalue weighted by atomic mass is 19.1. The van der Waals surface area contributed by atoms with Gasteiger partial charge in [0.25, 0.3) is 0 Å². The maximum atomic E-state index is 13.9. The Labute approximate surface area is 154 Å². The van der Waals surface area contributed by atoms with E-state index in [4.69, 9.17) is 4.42 Å². The van der Waals surface area contributed by atoms with Crippen molar-refractivity contribution in [3.63, 3.8) is 0 Å². The molecule has 2 aliphatic rings. The van der Waals surface area contributed by atoms with Crippen molar-refractivity contribution in [2.24, 2.45) is 5.92 Å². The highest BCUT2D eigenvalue weighted by Crippen LogP contribution is 2.35. The molecule has 1 aromatic carbocycles. The van der Waals surface area contributed by atoms with Crippen molar-refractivity contribution < 1.29 is 13.6 Å². The molecule has 2 aromatic rings. The molecule has 0 unspecified atom stereocenters. The fraction of sp³-hybridized carbons (Fsp3) is 0.500. The number of carbonyl (C=O) groups is 1. The first-order valence-electron chi connectivity index (χ1n) is 9.85. The van der Waals surface area contributed by atoms with Gasteiger partial charge in [-0.05, 0) is 55.9 Å². The lowest BCUT2D eigenvalue weighted by atomic mass is 9.78. The summed E-state index contributed by atoms with van der Waals surface area (Å²) in [5.74, 6) is 1.92. The van der Waals surface area contributed by atoms with Crippen LogP contribution in [0.15, 0.2) is 40.8 Å². The number of fused-ring (bicyclic) bond motifs is 1. The van der Waals surface area contributed by atoms with E-state index in [2.05, 4.69) is 4.90 Å². The molecule has 1 aromatic heterocycles. The number of aryl methyl sites for hydroxylation is 1. The Bertz CT molecular complexity index is 767. The van der Waals surface area contributed by atoms with Gasteiger partial charge >= 0.3 is 0 Å². The number of amides is 1. The molecule has 0 spiro atoms. The molecule has 1 saturated carbocycles. The summed E-state index contributed by atoms with van der Waals surface area (Å²) in [6.45, 7) is 0.901. The van der Waals surface area contributed by atoms with E-state index in [1.807, 2.05) is 6.07 Å². The Hall–Kier alpha value is -2.10. The van der Waals surface area contributed by atoms with Gasteiger partial charge in [0.05, 0.1) is 5.56 Å². The van der Waals surface area contributed by atoms with E-state index in [0.29, 0.717) is 36.1 Å². The molecule has 1 saturated heterocycles. The molecule has 1 aliphatic heterocycles. The Balaban J connectivity index is 1.38. The van der Waals surface area contributed by atoms with Gasteiger partial charge in [-0.25, -0.2) is 4.39 Å². The molecular formula is C22H26FNO2. The molecular weight excluding hydrogens is 329 g/mol. The van der Waals surface area contributed by atoms with Crippen LogP contribution >= 0.6 is 0 Å². The second-order valence-electron chi connectivity index (χ2n) is 7.59. The van der Waals surface area contributed by atoms with Crippen LogP contribution in [0.25, 0.3) is 11.3 Å². The maximum absolute atomic E-state index is 13.9. The van der Waals surface area contributed by atoms with E-state index in [0.717, 1.165) is 25.1 Å². The topological polar surface area (TPSA) is 33.5 Å². The van der Waals surface area contributed by atoms with Gasteiger partial charge in [0.1, 0.15) is 17.3 Å². The third kappa shape index (κ3) is 3.55. The minimum Gasteiger partial charge on any atom is -0.461 e. The summed E-state index contributed by atoms with van der Waals surface area (Å²) in [7, 11) is 0. The van der Waals surface area contributed by atoms with Crippen LogP contribution in [-0.4, -0.2) is 23.4 Å². The van der Waals surface area contributed by atoms with E-state index >= 15 is 0 Å². The molecule has 4 rings (SSSR count). The van der Waals surface area contributed by atoms with Gasteiger partial charge in [-0.2, -0.15) is 0 Å². The fourth-order valence-electron chi connectivity index (χ4n) is 4.63. The molecule has 4 heteroatoms. The first kappa shape index (κ1) is 17.3. The molecule has 26 heavy (non-hydrogen) atoms. The van der Waals surface area contributed by atoms with Gasteiger partial charge in [0.15, 0.2) is 0 Å². The first-order chi connectivity index (χ1) is 12.7. The van der Waals surface area contributed by atoms with Crippen molar-refractivity contribution in [1.82, 2.24) is 4.90 Å². The lowest BCUT2D eigenvalue weighted by molar-refractivity contribution is -0.137. The summed E-state index contributed by atoms with van der Waals surface area (Å²) < 4.78 is 19.7. The highest BCUT2D eigenvalue weighted by molar-refractivity contribution is 5.77. The molecule has 1 aliphatic carbocycles. The van der Waals surface area contributed by atoms with Crippen LogP contribution in [-0.2, 0) is 11.2 Å². The van der Waals surface area contributed by atoms with Crippen LogP contribution in [0.3, 0.4) is 0 Å². The summed E-state index contributed by atoms with van der Waals surface area (Å²) >= 11 is 0. The van der Waals surface area contributed by atoms with Crippen LogP contribution in [0.4, 0.5) is 4.39 Å². The molecule has 138 valence electrons. The third-order valence-electron chi connectivity index (χ3n) is 5.95. The Morgan fingerprint density at radius 3 is 2.77 bits per heavy atom. The number of carbonyl (C=O) groups excluding carboxylic acids is 1. The molecule has 0 radical (unpaired) electrons. The molecule has 2 heterocycles. The number of halogens is 1. The number of rotatable bonds is 4. The summed E-state index contributed by atoms with van der Waals surface area (Å²) in [6.07, 6.45) is 8.44. The average Bonchev–Trinajstić information content (AvgIpc) is 3.15. The van der Waals surface area contributed by atoms with Crippen molar-refractivity contribution in [2.75, 3.05) is 6.54 Å². The zero-order valence-corrected chi connectivity index (χ0v) is 15.1. The Morgan fingerprint density at radius 1 is 1.08 bits per heavy atom. The minimum atomic E-state index is -0.291. The van der Waals surface area contributed by atoms with Crippen molar-refractivity contribution in [3.05, 3.63) is 48.0 Å². The number of piperidine rings is 1. The summed E-state index contributed by atoms with van der Waals surface area (Å²) in [5.41, 5.74) is 0.464. The Morgan fingerprint density at radius 2 is 1.88 bits per heavy atom. The number of likely N-dealkylation sites (tertiary alicyclic amines) is 1. The van der Waals surface area contributed by atoms with Crippen molar-refractivity contribution in [1.29, 1.82) is 0 Å². The number of hydrogen-bond acceptors (Lipinski definition) is 2. The zero-order chi connectivity index (χ0) is 17.9. The smallest absolute Gasteiger partial charge is 0.223 e.